The first-order valence-electron chi connectivity index (χ1n) is 4.01. The zero-order valence-corrected chi connectivity index (χ0v) is 10.1. The Balaban J connectivity index is 2.12. The summed E-state index contributed by atoms with van der Waals surface area (Å²) < 4.78 is 24.5. The molecule has 2 aliphatic rings. The van der Waals surface area contributed by atoms with E-state index < -0.39 is 14.0 Å². The van der Waals surface area contributed by atoms with Crippen LogP contribution in [0.3, 0.4) is 0 Å². The molecule has 0 aliphatic carbocycles. The van der Waals surface area contributed by atoms with Gasteiger partial charge in [0.1, 0.15) is 10.5 Å². The summed E-state index contributed by atoms with van der Waals surface area (Å²) in [5, 5.41) is 8.60. The van der Waals surface area contributed by atoms with Gasteiger partial charge >= 0.3 is 0 Å². The molecule has 14 heavy (non-hydrogen) atoms. The van der Waals surface area contributed by atoms with E-state index in [1.807, 2.05) is 4.57 Å². The van der Waals surface area contributed by atoms with E-state index in [9.17, 15) is 8.42 Å². The molecule has 0 radical (unpaired) electrons. The average molecular weight is 296 g/mol. The fraction of sp³-hybridized carbons (Fsp3) is 0.667. The molecule has 3 unspecified atom stereocenters. The van der Waals surface area contributed by atoms with E-state index in [1.165, 1.54) is 11.8 Å². The Hall–Kier alpha value is -0.0800. The molecule has 8 heteroatoms. The monoisotopic (exact) mass is 295 g/mol. The van der Waals surface area contributed by atoms with Gasteiger partial charge in [-0.25, -0.2) is 8.42 Å². The van der Waals surface area contributed by atoms with E-state index in [0.29, 0.717) is 0 Å². The molecule has 1 saturated heterocycles. The minimum Gasteiger partial charge on any atom is -0.302 e. The van der Waals surface area contributed by atoms with Gasteiger partial charge < -0.3 is 4.57 Å². The number of nitrogens with zero attached hydrogens (tertiary/aromatic N) is 3. The van der Waals surface area contributed by atoms with Crippen LogP contribution in [0.5, 0.6) is 0 Å². The quantitative estimate of drug-likeness (QED) is 0.650. The molecule has 1 aromatic heterocycles. The molecular formula is C6H6BrN3O2S2. The maximum Gasteiger partial charge on any atom is 0.191 e. The van der Waals surface area contributed by atoms with Gasteiger partial charge in [0.15, 0.2) is 15.0 Å². The first kappa shape index (κ1) is 9.17. The first-order valence-corrected chi connectivity index (χ1v) is 7.52. The van der Waals surface area contributed by atoms with Gasteiger partial charge in [-0.15, -0.1) is 10.2 Å². The fourth-order valence-electron chi connectivity index (χ4n) is 1.87. The van der Waals surface area contributed by atoms with Crippen molar-refractivity contribution in [1.29, 1.82) is 0 Å². The Morgan fingerprint density at radius 3 is 3.21 bits per heavy atom. The van der Waals surface area contributed by atoms with Crippen LogP contribution in [0.15, 0.2) is 11.5 Å². The number of aromatic nitrogens is 3. The fourth-order valence-corrected chi connectivity index (χ4v) is 6.76. The lowest BCUT2D eigenvalue weighted by Crippen LogP contribution is -2.18. The Labute approximate surface area is 93.3 Å². The van der Waals surface area contributed by atoms with E-state index in [2.05, 4.69) is 26.1 Å². The molecule has 1 fully saturated rings. The molecule has 0 bridgehead atoms. The van der Waals surface area contributed by atoms with Crippen LogP contribution in [0.4, 0.5) is 0 Å². The number of halogens is 1. The normalized spacial score (nSPS) is 38.2. The van der Waals surface area contributed by atoms with Gasteiger partial charge in [0, 0.05) is 5.25 Å². The maximum absolute atomic E-state index is 11.6. The topological polar surface area (TPSA) is 64.8 Å². The van der Waals surface area contributed by atoms with Gasteiger partial charge in [0.25, 0.3) is 0 Å². The van der Waals surface area contributed by atoms with Gasteiger partial charge in [-0.2, -0.15) is 0 Å². The number of rotatable bonds is 0. The second kappa shape index (κ2) is 2.73. The van der Waals surface area contributed by atoms with Crippen molar-refractivity contribution >= 4 is 37.5 Å². The van der Waals surface area contributed by atoms with Crippen LogP contribution in [0.2, 0.25) is 0 Å². The third-order valence-corrected chi connectivity index (χ3v) is 8.01. The molecule has 2 aliphatic heterocycles. The van der Waals surface area contributed by atoms with Crippen molar-refractivity contribution in [3.63, 3.8) is 0 Å². The largest absolute Gasteiger partial charge is 0.302 e. The second-order valence-corrected chi connectivity index (χ2v) is 8.31. The second-order valence-electron chi connectivity index (χ2n) is 3.35. The van der Waals surface area contributed by atoms with Crippen molar-refractivity contribution in [2.75, 3.05) is 5.75 Å². The van der Waals surface area contributed by atoms with Gasteiger partial charge in [0.2, 0.25) is 0 Å². The molecule has 0 aromatic carbocycles. The lowest BCUT2D eigenvalue weighted by atomic mass is 10.2. The van der Waals surface area contributed by atoms with E-state index in [1.54, 1.807) is 6.33 Å². The number of fused-ring (bicyclic) bond motifs is 3. The van der Waals surface area contributed by atoms with Crippen LogP contribution in [0.25, 0.3) is 0 Å². The number of hydrogen-bond acceptors (Lipinski definition) is 5. The molecule has 3 rings (SSSR count). The van der Waals surface area contributed by atoms with E-state index in [4.69, 9.17) is 0 Å². The van der Waals surface area contributed by atoms with E-state index in [-0.39, 0.29) is 17.0 Å². The molecule has 0 saturated carbocycles. The molecule has 0 N–H and O–H groups in total. The minimum absolute atomic E-state index is 0.0463. The zero-order chi connectivity index (χ0) is 9.92. The van der Waals surface area contributed by atoms with Crippen molar-refractivity contribution in [1.82, 2.24) is 14.8 Å². The number of sulfone groups is 1. The van der Waals surface area contributed by atoms with Crippen LogP contribution in [0.1, 0.15) is 6.04 Å². The molecule has 1 aromatic rings. The van der Waals surface area contributed by atoms with Crippen LogP contribution in [0, 0.1) is 0 Å². The smallest absolute Gasteiger partial charge is 0.191 e. The highest BCUT2D eigenvalue weighted by Crippen LogP contribution is 2.49. The van der Waals surface area contributed by atoms with E-state index in [0.717, 1.165) is 5.16 Å². The first-order chi connectivity index (χ1) is 6.59. The summed E-state index contributed by atoms with van der Waals surface area (Å²) in [7, 11) is -2.99. The van der Waals surface area contributed by atoms with Gasteiger partial charge in [-0.3, -0.25) is 0 Å². The summed E-state index contributed by atoms with van der Waals surface area (Å²) >= 11 is 4.74. The molecular weight excluding hydrogens is 290 g/mol. The SMILES string of the molecule is O=S1(=O)CC2Sc3nncn3C2C1Br. The standard InChI is InChI=1S/C6H6BrN3O2S2/c7-5-4-3(1-14(5,11)12)13-6-9-8-2-10(4)6/h2-5H,1H2. The van der Waals surface area contributed by atoms with Crippen LogP contribution in [-0.2, 0) is 9.84 Å². The Bertz CT molecular complexity index is 485. The molecule has 0 spiro atoms. The van der Waals surface area contributed by atoms with Crippen LogP contribution in [-0.4, -0.2) is 38.3 Å². The summed E-state index contributed by atoms with van der Waals surface area (Å²) in [4.78, 5) is 0. The highest BCUT2D eigenvalue weighted by molar-refractivity contribution is 9.11. The third-order valence-electron chi connectivity index (χ3n) is 2.51. The number of alkyl halides is 1. The molecule has 5 nitrogen and oxygen atoms in total. The third kappa shape index (κ3) is 1.04. The summed E-state index contributed by atoms with van der Waals surface area (Å²) in [6.07, 6.45) is 1.60. The Morgan fingerprint density at radius 2 is 2.43 bits per heavy atom. The van der Waals surface area contributed by atoms with Crippen molar-refractivity contribution < 1.29 is 8.42 Å². The van der Waals surface area contributed by atoms with Gasteiger partial charge in [0.05, 0.1) is 11.8 Å². The number of thioether (sulfide) groups is 1. The maximum atomic E-state index is 11.6. The average Bonchev–Trinajstić information content (AvgIpc) is 2.65. The highest BCUT2D eigenvalue weighted by Gasteiger charge is 2.51. The highest BCUT2D eigenvalue weighted by atomic mass is 79.9. The van der Waals surface area contributed by atoms with Crippen molar-refractivity contribution in [2.45, 2.75) is 20.6 Å². The Kier molecular flexibility index (Phi) is 1.79. The lowest BCUT2D eigenvalue weighted by Gasteiger charge is -2.11. The molecule has 0 amide bonds. The summed E-state index contributed by atoms with van der Waals surface area (Å²) in [6, 6.07) is -0.0463. The Morgan fingerprint density at radius 1 is 1.64 bits per heavy atom. The summed E-state index contributed by atoms with van der Waals surface area (Å²) in [5.41, 5.74) is 0. The summed E-state index contributed by atoms with van der Waals surface area (Å²) in [5.74, 6) is 0.224. The van der Waals surface area contributed by atoms with Crippen molar-refractivity contribution in [3.8, 4) is 0 Å². The van der Waals surface area contributed by atoms with Crippen molar-refractivity contribution in [3.05, 3.63) is 6.33 Å². The molecule has 76 valence electrons. The predicted octanol–water partition coefficient (Wildman–Crippen LogP) is 0.443. The molecule has 3 atom stereocenters. The summed E-state index contributed by atoms with van der Waals surface area (Å²) in [6.45, 7) is 0. The predicted molar refractivity (Wildman–Crippen MR) is 55.2 cm³/mol. The van der Waals surface area contributed by atoms with Crippen molar-refractivity contribution in [2.24, 2.45) is 0 Å². The number of hydrogen-bond donors (Lipinski definition) is 0. The lowest BCUT2D eigenvalue weighted by molar-refractivity contribution is 0.537. The minimum atomic E-state index is -2.99. The zero-order valence-electron chi connectivity index (χ0n) is 6.87. The molecule has 3 heterocycles. The van der Waals surface area contributed by atoms with Gasteiger partial charge in [-0.1, -0.05) is 27.7 Å². The van der Waals surface area contributed by atoms with Crippen LogP contribution < -0.4 is 0 Å². The van der Waals surface area contributed by atoms with E-state index >= 15 is 0 Å². The van der Waals surface area contributed by atoms with Crippen LogP contribution >= 0.6 is 27.7 Å². The van der Waals surface area contributed by atoms with Gasteiger partial charge in [-0.05, 0) is 0 Å².